The van der Waals surface area contributed by atoms with Crippen LogP contribution in [-0.2, 0) is 4.79 Å². The lowest BCUT2D eigenvalue weighted by Gasteiger charge is -2.20. The Morgan fingerprint density at radius 1 is 1.15 bits per heavy atom. The fourth-order valence-electron chi connectivity index (χ4n) is 2.48. The molecule has 1 heterocycles. The molecule has 1 amide bonds. The summed E-state index contributed by atoms with van der Waals surface area (Å²) >= 11 is 0. The summed E-state index contributed by atoms with van der Waals surface area (Å²) in [6.07, 6.45) is 1.52. The summed E-state index contributed by atoms with van der Waals surface area (Å²) in [5.74, 6) is 2.21. The number of hydrazone groups is 1. The molecular weight excluding hydrogens is 350 g/mol. The molecule has 0 saturated heterocycles. The molecule has 27 heavy (non-hydrogen) atoms. The van der Waals surface area contributed by atoms with Crippen molar-refractivity contribution in [1.82, 2.24) is 5.43 Å². The molecule has 1 aliphatic heterocycles. The number of rotatable bonds is 7. The first-order valence-electron chi connectivity index (χ1n) is 8.37. The van der Waals surface area contributed by atoms with Gasteiger partial charge in [-0.05, 0) is 36.4 Å². The van der Waals surface area contributed by atoms with Crippen LogP contribution in [0.3, 0.4) is 0 Å². The van der Waals surface area contributed by atoms with Gasteiger partial charge >= 0.3 is 0 Å². The smallest absolute Gasteiger partial charge is 0.259 e. The first-order valence-corrected chi connectivity index (χ1v) is 8.37. The molecule has 2 aromatic carbocycles. The second kappa shape index (κ2) is 8.79. The maximum absolute atomic E-state index is 11.9. The van der Waals surface area contributed by atoms with Crippen molar-refractivity contribution >= 4 is 17.8 Å². The predicted octanol–water partition coefficient (Wildman–Crippen LogP) is 2.04. The Morgan fingerprint density at radius 3 is 2.67 bits per heavy atom. The monoisotopic (exact) mass is 371 g/mol. The largest absolute Gasteiger partial charge is 0.497 e. The van der Waals surface area contributed by atoms with Crippen LogP contribution >= 0.6 is 0 Å². The molecule has 2 aromatic rings. The van der Waals surface area contributed by atoms with E-state index in [4.69, 9.17) is 18.9 Å². The molecule has 0 radical (unpaired) electrons. The van der Waals surface area contributed by atoms with E-state index in [-0.39, 0.29) is 12.5 Å². The molecule has 1 aliphatic rings. The number of anilines is 1. The number of hydrogen-bond acceptors (Lipinski definition) is 7. The van der Waals surface area contributed by atoms with Gasteiger partial charge in [0, 0.05) is 11.3 Å². The van der Waals surface area contributed by atoms with Crippen LogP contribution in [0.25, 0.3) is 0 Å². The van der Waals surface area contributed by atoms with Gasteiger partial charge in [-0.1, -0.05) is 0 Å². The van der Waals surface area contributed by atoms with Crippen molar-refractivity contribution in [3.8, 4) is 23.0 Å². The van der Waals surface area contributed by atoms with Crippen molar-refractivity contribution < 1.29 is 23.7 Å². The number of carbonyl (C=O) groups excluding carboxylic acids is 1. The van der Waals surface area contributed by atoms with E-state index in [9.17, 15) is 4.79 Å². The Kier molecular flexibility index (Phi) is 5.98. The van der Waals surface area contributed by atoms with Gasteiger partial charge < -0.3 is 24.3 Å². The van der Waals surface area contributed by atoms with Crippen molar-refractivity contribution in [2.75, 3.05) is 39.3 Å². The van der Waals surface area contributed by atoms with E-state index in [1.54, 1.807) is 26.4 Å². The summed E-state index contributed by atoms with van der Waals surface area (Å²) < 4.78 is 21.5. The van der Waals surface area contributed by atoms with E-state index in [2.05, 4.69) is 15.8 Å². The van der Waals surface area contributed by atoms with Crippen LogP contribution in [0.2, 0.25) is 0 Å². The van der Waals surface area contributed by atoms with Crippen molar-refractivity contribution in [3.05, 3.63) is 42.0 Å². The van der Waals surface area contributed by atoms with Crippen molar-refractivity contribution in [1.29, 1.82) is 0 Å². The minimum atomic E-state index is -0.272. The third-order valence-electron chi connectivity index (χ3n) is 3.80. The summed E-state index contributed by atoms with van der Waals surface area (Å²) in [5.41, 5.74) is 4.01. The zero-order valence-electron chi connectivity index (χ0n) is 15.2. The Morgan fingerprint density at radius 2 is 1.93 bits per heavy atom. The summed E-state index contributed by atoms with van der Waals surface area (Å²) in [6, 6.07) is 10.8. The van der Waals surface area contributed by atoms with Gasteiger partial charge in [0.1, 0.15) is 19.0 Å². The molecule has 0 spiro atoms. The fourth-order valence-corrected chi connectivity index (χ4v) is 2.48. The standard InChI is InChI=1S/C19H21N3O5/c1-24-15-5-3-14(4-6-15)20-12-18(23)22-21-11-13-9-16(25-2)19-17(10-13)26-7-8-27-19/h3-6,9-11,20H,7-8,12H2,1-2H3,(H,22,23)/b21-11-. The highest BCUT2D eigenvalue weighted by molar-refractivity contribution is 5.85. The Balaban J connectivity index is 1.54. The molecule has 3 rings (SSSR count). The van der Waals surface area contributed by atoms with E-state index in [0.717, 1.165) is 17.0 Å². The maximum atomic E-state index is 11.9. The third-order valence-corrected chi connectivity index (χ3v) is 3.80. The summed E-state index contributed by atoms with van der Waals surface area (Å²) in [7, 11) is 3.16. The molecule has 0 saturated carbocycles. The number of methoxy groups -OCH3 is 2. The van der Waals surface area contributed by atoms with Crippen LogP contribution < -0.4 is 29.7 Å². The van der Waals surface area contributed by atoms with Gasteiger partial charge in [-0.15, -0.1) is 0 Å². The van der Waals surface area contributed by atoms with E-state index < -0.39 is 0 Å². The van der Waals surface area contributed by atoms with Gasteiger partial charge in [-0.2, -0.15) is 5.10 Å². The van der Waals surface area contributed by atoms with E-state index in [0.29, 0.717) is 30.5 Å². The number of hydrogen-bond donors (Lipinski definition) is 2. The lowest BCUT2D eigenvalue weighted by molar-refractivity contribution is -0.119. The van der Waals surface area contributed by atoms with Crippen LogP contribution in [0.1, 0.15) is 5.56 Å². The number of amides is 1. The first-order chi connectivity index (χ1) is 13.2. The van der Waals surface area contributed by atoms with Crippen LogP contribution in [0, 0.1) is 0 Å². The van der Waals surface area contributed by atoms with E-state index in [1.807, 2.05) is 24.3 Å². The molecule has 0 atom stereocenters. The Bertz CT molecular complexity index is 804. The van der Waals surface area contributed by atoms with Gasteiger partial charge in [-0.25, -0.2) is 5.43 Å². The fraction of sp³-hybridized carbons (Fsp3) is 0.263. The first kappa shape index (κ1) is 18.4. The minimum Gasteiger partial charge on any atom is -0.497 e. The normalized spacial score (nSPS) is 12.5. The molecule has 0 fully saturated rings. The van der Waals surface area contributed by atoms with Gasteiger partial charge in [0.05, 0.1) is 27.0 Å². The topological polar surface area (TPSA) is 90.4 Å². The molecule has 0 aromatic heterocycles. The number of benzene rings is 2. The second-order valence-corrected chi connectivity index (χ2v) is 5.62. The SMILES string of the molecule is COc1ccc(NCC(=O)N/N=C\c2cc(OC)c3c(c2)OCCO3)cc1. The second-order valence-electron chi connectivity index (χ2n) is 5.62. The highest BCUT2D eigenvalue weighted by Gasteiger charge is 2.17. The molecule has 8 nitrogen and oxygen atoms in total. The van der Waals surface area contributed by atoms with E-state index in [1.165, 1.54) is 6.21 Å². The number of nitrogens with zero attached hydrogens (tertiary/aromatic N) is 1. The van der Waals surface area contributed by atoms with Gasteiger partial charge in [0.25, 0.3) is 5.91 Å². The summed E-state index contributed by atoms with van der Waals surface area (Å²) in [5, 5.41) is 6.97. The highest BCUT2D eigenvalue weighted by atomic mass is 16.6. The van der Waals surface area contributed by atoms with Crippen molar-refractivity contribution in [2.45, 2.75) is 0 Å². The maximum Gasteiger partial charge on any atom is 0.259 e. The zero-order chi connectivity index (χ0) is 19.1. The molecule has 8 heteroatoms. The van der Waals surface area contributed by atoms with Crippen LogP contribution in [-0.4, -0.2) is 46.1 Å². The van der Waals surface area contributed by atoms with Crippen LogP contribution in [0.15, 0.2) is 41.5 Å². The number of carbonyl (C=O) groups is 1. The van der Waals surface area contributed by atoms with Crippen LogP contribution in [0.5, 0.6) is 23.0 Å². The predicted molar refractivity (Wildman–Crippen MR) is 101 cm³/mol. The van der Waals surface area contributed by atoms with E-state index >= 15 is 0 Å². The Hall–Kier alpha value is -3.42. The minimum absolute atomic E-state index is 0.0914. The summed E-state index contributed by atoms with van der Waals surface area (Å²) in [6.45, 7) is 1.05. The average Bonchev–Trinajstić information content (AvgIpc) is 2.72. The van der Waals surface area contributed by atoms with Crippen molar-refractivity contribution in [2.24, 2.45) is 5.10 Å². The van der Waals surface area contributed by atoms with Crippen molar-refractivity contribution in [3.63, 3.8) is 0 Å². The molecule has 2 N–H and O–H groups in total. The number of nitrogens with one attached hydrogen (secondary N) is 2. The third kappa shape index (κ3) is 4.81. The lowest BCUT2D eigenvalue weighted by Crippen LogP contribution is -2.25. The lowest BCUT2D eigenvalue weighted by atomic mass is 10.2. The number of ether oxygens (including phenoxy) is 4. The zero-order valence-corrected chi connectivity index (χ0v) is 15.2. The average molecular weight is 371 g/mol. The molecule has 0 aliphatic carbocycles. The quantitative estimate of drug-likeness (QED) is 0.572. The van der Waals surface area contributed by atoms with Crippen LogP contribution in [0.4, 0.5) is 5.69 Å². The molecule has 142 valence electrons. The molecule has 0 unspecified atom stereocenters. The van der Waals surface area contributed by atoms with Gasteiger partial charge in [-0.3, -0.25) is 4.79 Å². The van der Waals surface area contributed by atoms with Gasteiger partial charge in [0.2, 0.25) is 5.75 Å². The number of fused-ring (bicyclic) bond motifs is 1. The summed E-state index contributed by atoms with van der Waals surface area (Å²) in [4.78, 5) is 11.9. The highest BCUT2D eigenvalue weighted by Crippen LogP contribution is 2.39. The Labute approximate surface area is 157 Å². The van der Waals surface area contributed by atoms with Gasteiger partial charge in [0.15, 0.2) is 11.5 Å². The molecule has 0 bridgehead atoms. The molecular formula is C19H21N3O5.